The molecule has 0 radical (unpaired) electrons. The van der Waals surface area contributed by atoms with Crippen molar-refractivity contribution in [2.75, 3.05) is 0 Å². The number of hydrogen-bond acceptors (Lipinski definition) is 4. The van der Waals surface area contributed by atoms with Gasteiger partial charge < -0.3 is 10.5 Å². The van der Waals surface area contributed by atoms with E-state index in [1.807, 2.05) is 33.0 Å². The first-order chi connectivity index (χ1) is 13.6. The van der Waals surface area contributed by atoms with Crippen LogP contribution < -0.4 is 10.5 Å². The summed E-state index contributed by atoms with van der Waals surface area (Å²) in [6.07, 6.45) is 4.15. The number of rotatable bonds is 4. The molecule has 2 aromatic carbocycles. The molecule has 3 aromatic rings. The molecule has 142 valence electrons. The van der Waals surface area contributed by atoms with Gasteiger partial charge >= 0.3 is 0 Å². The molecule has 2 N–H and O–H groups in total. The summed E-state index contributed by atoms with van der Waals surface area (Å²) in [5, 5.41) is 0.991. The van der Waals surface area contributed by atoms with E-state index in [0.29, 0.717) is 0 Å². The van der Waals surface area contributed by atoms with Crippen molar-refractivity contribution in [1.82, 2.24) is 4.98 Å². The van der Waals surface area contributed by atoms with Crippen LogP contribution in [0.15, 0.2) is 42.6 Å². The van der Waals surface area contributed by atoms with Crippen LogP contribution in [0.2, 0.25) is 0 Å². The van der Waals surface area contributed by atoms with Gasteiger partial charge in [0.25, 0.3) is 0 Å². The summed E-state index contributed by atoms with van der Waals surface area (Å²) >= 11 is 1.71. The Hall–Kier alpha value is -2.61. The highest BCUT2D eigenvalue weighted by Crippen LogP contribution is 2.40. The fourth-order valence-corrected chi connectivity index (χ4v) is 4.67. The summed E-state index contributed by atoms with van der Waals surface area (Å²) in [4.78, 5) is 5.88. The van der Waals surface area contributed by atoms with Gasteiger partial charge in [-0.25, -0.2) is 4.98 Å². The van der Waals surface area contributed by atoms with Crippen LogP contribution in [0.4, 0.5) is 0 Å². The molecule has 1 unspecified atom stereocenters. The van der Waals surface area contributed by atoms with Gasteiger partial charge in [-0.05, 0) is 68.5 Å². The topological polar surface area (TPSA) is 48.1 Å². The van der Waals surface area contributed by atoms with Crippen molar-refractivity contribution in [3.05, 3.63) is 59.3 Å². The SMILES string of the molecule is CC#Cc1cc(-c2ncc(-c3cccc4c3CCC4N)s2)ccc1OC(C)C. The second-order valence-electron chi connectivity index (χ2n) is 7.30. The predicted molar refractivity (Wildman–Crippen MR) is 117 cm³/mol. The molecule has 28 heavy (non-hydrogen) atoms. The minimum absolute atomic E-state index is 0.112. The normalized spacial score (nSPS) is 15.2. The number of benzene rings is 2. The van der Waals surface area contributed by atoms with Crippen LogP contribution in [0.1, 0.15) is 49.9 Å². The molecule has 1 heterocycles. The summed E-state index contributed by atoms with van der Waals surface area (Å²) < 4.78 is 5.89. The highest BCUT2D eigenvalue weighted by molar-refractivity contribution is 7.18. The maximum atomic E-state index is 6.25. The van der Waals surface area contributed by atoms with E-state index < -0.39 is 0 Å². The van der Waals surface area contributed by atoms with Crippen molar-refractivity contribution in [2.45, 2.75) is 45.8 Å². The first-order valence-electron chi connectivity index (χ1n) is 9.64. The number of ether oxygens (including phenoxy) is 1. The molecule has 1 atom stereocenters. The average molecular weight is 389 g/mol. The largest absolute Gasteiger partial charge is 0.490 e. The van der Waals surface area contributed by atoms with Gasteiger partial charge in [0.15, 0.2) is 0 Å². The van der Waals surface area contributed by atoms with Crippen LogP contribution >= 0.6 is 11.3 Å². The standard InChI is InChI=1S/C24H24N2OS/c1-4-6-16-13-17(9-12-22(16)27-15(2)3)24-26-14-23(28-24)20-8-5-7-19-18(20)10-11-21(19)25/h5,7-9,12-15,21H,10-11,25H2,1-3H3. The summed E-state index contributed by atoms with van der Waals surface area (Å²) in [6.45, 7) is 5.89. The lowest BCUT2D eigenvalue weighted by molar-refractivity contribution is 0.242. The van der Waals surface area contributed by atoms with Gasteiger partial charge in [-0.15, -0.1) is 17.3 Å². The van der Waals surface area contributed by atoms with Gasteiger partial charge in [-0.3, -0.25) is 0 Å². The minimum atomic E-state index is 0.112. The molecule has 0 bridgehead atoms. The first-order valence-corrected chi connectivity index (χ1v) is 10.5. The van der Waals surface area contributed by atoms with E-state index in [0.717, 1.165) is 34.7 Å². The summed E-state index contributed by atoms with van der Waals surface area (Å²) in [6, 6.07) is 12.7. The van der Waals surface area contributed by atoms with E-state index >= 15 is 0 Å². The first kappa shape index (κ1) is 18.7. The number of nitrogens with zero attached hydrogens (tertiary/aromatic N) is 1. The third kappa shape index (κ3) is 3.56. The monoisotopic (exact) mass is 388 g/mol. The third-order valence-electron chi connectivity index (χ3n) is 4.94. The maximum Gasteiger partial charge on any atom is 0.135 e. The highest BCUT2D eigenvalue weighted by atomic mass is 32.1. The molecule has 0 spiro atoms. The molecule has 1 aromatic heterocycles. The predicted octanol–water partition coefficient (Wildman–Crippen LogP) is 5.58. The molecule has 1 aliphatic carbocycles. The quantitative estimate of drug-likeness (QED) is 0.593. The lowest BCUT2D eigenvalue weighted by Crippen LogP contribution is -2.06. The van der Waals surface area contributed by atoms with Gasteiger partial charge in [0.05, 0.1) is 16.5 Å². The van der Waals surface area contributed by atoms with Crippen molar-refractivity contribution in [1.29, 1.82) is 0 Å². The second-order valence-corrected chi connectivity index (χ2v) is 8.33. The van der Waals surface area contributed by atoms with Gasteiger partial charge in [0.2, 0.25) is 0 Å². The fraction of sp³-hybridized carbons (Fsp3) is 0.292. The Bertz CT molecular complexity index is 1070. The number of aromatic nitrogens is 1. The lowest BCUT2D eigenvalue weighted by Gasteiger charge is -2.12. The molecule has 4 rings (SSSR count). The van der Waals surface area contributed by atoms with Crippen LogP contribution in [-0.4, -0.2) is 11.1 Å². The zero-order valence-electron chi connectivity index (χ0n) is 16.5. The Morgan fingerprint density at radius 2 is 2.11 bits per heavy atom. The summed E-state index contributed by atoms with van der Waals surface area (Å²) in [5.74, 6) is 6.96. The number of thiazole rings is 1. The molecule has 0 saturated heterocycles. The van der Waals surface area contributed by atoms with Gasteiger partial charge in [0.1, 0.15) is 10.8 Å². The molecular weight excluding hydrogens is 364 g/mol. The molecule has 3 nitrogen and oxygen atoms in total. The minimum Gasteiger partial charge on any atom is -0.490 e. The van der Waals surface area contributed by atoms with E-state index in [2.05, 4.69) is 42.2 Å². The fourth-order valence-electron chi connectivity index (χ4n) is 3.70. The Balaban J connectivity index is 1.70. The molecule has 0 saturated carbocycles. The Morgan fingerprint density at radius 1 is 1.25 bits per heavy atom. The van der Waals surface area contributed by atoms with E-state index in [-0.39, 0.29) is 12.1 Å². The van der Waals surface area contributed by atoms with Crippen molar-refractivity contribution >= 4 is 11.3 Å². The van der Waals surface area contributed by atoms with Crippen LogP contribution in [0, 0.1) is 11.8 Å². The molecule has 0 amide bonds. The highest BCUT2D eigenvalue weighted by Gasteiger charge is 2.22. The Kier molecular flexibility index (Phi) is 5.21. The number of fused-ring (bicyclic) bond motifs is 1. The van der Waals surface area contributed by atoms with Crippen molar-refractivity contribution < 1.29 is 4.74 Å². The zero-order chi connectivity index (χ0) is 19.7. The van der Waals surface area contributed by atoms with Crippen molar-refractivity contribution in [3.63, 3.8) is 0 Å². The van der Waals surface area contributed by atoms with Crippen LogP contribution in [0.5, 0.6) is 5.75 Å². The molecule has 0 fully saturated rings. The van der Waals surface area contributed by atoms with Gasteiger partial charge in [0, 0.05) is 17.8 Å². The van der Waals surface area contributed by atoms with Crippen LogP contribution in [0.3, 0.4) is 0 Å². The Labute approximate surface area is 170 Å². The molecule has 4 heteroatoms. The number of nitrogens with two attached hydrogens (primary N) is 1. The smallest absolute Gasteiger partial charge is 0.135 e. The van der Waals surface area contributed by atoms with Crippen LogP contribution in [-0.2, 0) is 6.42 Å². The second kappa shape index (κ2) is 7.79. The van der Waals surface area contributed by atoms with E-state index in [1.54, 1.807) is 11.3 Å². The molecule has 1 aliphatic rings. The summed E-state index contributed by atoms with van der Waals surface area (Å²) in [5.41, 5.74) is 12.1. The zero-order valence-corrected chi connectivity index (χ0v) is 17.3. The van der Waals surface area contributed by atoms with Crippen LogP contribution in [0.25, 0.3) is 21.0 Å². The van der Waals surface area contributed by atoms with E-state index in [9.17, 15) is 0 Å². The molecular formula is C24H24N2OS. The lowest BCUT2D eigenvalue weighted by atomic mass is 10.0. The van der Waals surface area contributed by atoms with E-state index in [4.69, 9.17) is 15.5 Å². The summed E-state index contributed by atoms with van der Waals surface area (Å²) in [7, 11) is 0. The maximum absolute atomic E-state index is 6.25. The van der Waals surface area contributed by atoms with Gasteiger partial charge in [-0.2, -0.15) is 0 Å². The van der Waals surface area contributed by atoms with Gasteiger partial charge in [-0.1, -0.05) is 24.1 Å². The Morgan fingerprint density at radius 3 is 2.89 bits per heavy atom. The van der Waals surface area contributed by atoms with Crippen molar-refractivity contribution in [2.24, 2.45) is 5.73 Å². The average Bonchev–Trinajstić information content (AvgIpc) is 3.30. The van der Waals surface area contributed by atoms with Crippen molar-refractivity contribution in [3.8, 4) is 38.6 Å². The molecule has 0 aliphatic heterocycles. The number of hydrogen-bond donors (Lipinski definition) is 1. The van der Waals surface area contributed by atoms with E-state index in [1.165, 1.54) is 21.6 Å². The third-order valence-corrected chi connectivity index (χ3v) is 6.02.